The standard InChI is InChI=1S/C22H24ClN3O4/c1-4-28-19-11-15(12-20(29-5-2)21(19)30-6-3)22(27)25-16-13-24-26(14-16)18-10-8-7-9-17(18)23/h7-14H,4-6H2,1-3H3,(H,25,27). The van der Waals surface area contributed by atoms with Crippen LogP contribution in [-0.2, 0) is 0 Å². The summed E-state index contributed by atoms with van der Waals surface area (Å²) in [5.41, 5.74) is 1.64. The van der Waals surface area contributed by atoms with Crippen LogP contribution in [0.4, 0.5) is 5.69 Å². The number of amides is 1. The van der Waals surface area contributed by atoms with Crippen molar-refractivity contribution in [3.63, 3.8) is 0 Å². The number of anilines is 1. The van der Waals surface area contributed by atoms with Crippen LogP contribution in [0.5, 0.6) is 17.2 Å². The van der Waals surface area contributed by atoms with E-state index in [0.717, 1.165) is 5.69 Å². The molecule has 0 atom stereocenters. The second kappa shape index (κ2) is 10.0. The average Bonchev–Trinajstić information content (AvgIpc) is 3.19. The first-order valence-electron chi connectivity index (χ1n) is 9.74. The summed E-state index contributed by atoms with van der Waals surface area (Å²) in [6.07, 6.45) is 3.25. The smallest absolute Gasteiger partial charge is 0.256 e. The number of nitrogens with one attached hydrogen (secondary N) is 1. The van der Waals surface area contributed by atoms with Gasteiger partial charge in [0.2, 0.25) is 5.75 Å². The molecule has 1 N–H and O–H groups in total. The molecule has 0 bridgehead atoms. The molecule has 0 saturated heterocycles. The Labute approximate surface area is 180 Å². The third-order valence-corrected chi connectivity index (χ3v) is 4.43. The Morgan fingerprint density at radius 2 is 1.67 bits per heavy atom. The minimum Gasteiger partial charge on any atom is -0.490 e. The first kappa shape index (κ1) is 21.5. The monoisotopic (exact) mass is 429 g/mol. The van der Waals surface area contributed by atoms with Crippen molar-refractivity contribution in [3.05, 3.63) is 59.4 Å². The minimum atomic E-state index is -0.321. The molecule has 1 heterocycles. The van der Waals surface area contributed by atoms with Gasteiger partial charge in [-0.1, -0.05) is 23.7 Å². The van der Waals surface area contributed by atoms with Crippen LogP contribution < -0.4 is 19.5 Å². The fourth-order valence-corrected chi connectivity index (χ4v) is 3.10. The Bertz CT molecular complexity index is 992. The molecule has 158 valence electrons. The van der Waals surface area contributed by atoms with Crippen molar-refractivity contribution in [1.29, 1.82) is 0 Å². The van der Waals surface area contributed by atoms with Crippen LogP contribution in [0.3, 0.4) is 0 Å². The SMILES string of the molecule is CCOc1cc(C(=O)Nc2cnn(-c3ccccc3Cl)c2)cc(OCC)c1OCC. The number of para-hydroxylation sites is 1. The first-order valence-corrected chi connectivity index (χ1v) is 10.1. The number of aromatic nitrogens is 2. The number of carbonyl (C=O) groups is 1. The predicted octanol–water partition coefficient (Wildman–Crippen LogP) is 4.97. The fraction of sp³-hybridized carbons (Fsp3) is 0.273. The molecule has 0 aliphatic carbocycles. The molecule has 2 aromatic carbocycles. The van der Waals surface area contributed by atoms with Crippen molar-refractivity contribution < 1.29 is 19.0 Å². The number of rotatable bonds is 9. The van der Waals surface area contributed by atoms with E-state index in [1.54, 1.807) is 35.3 Å². The zero-order chi connectivity index (χ0) is 21.5. The number of nitrogens with zero attached hydrogens (tertiary/aromatic N) is 2. The summed E-state index contributed by atoms with van der Waals surface area (Å²) in [6.45, 7) is 6.93. The van der Waals surface area contributed by atoms with E-state index in [1.807, 2.05) is 39.0 Å². The normalized spacial score (nSPS) is 10.5. The molecule has 0 radical (unpaired) electrons. The summed E-state index contributed by atoms with van der Waals surface area (Å²) in [5.74, 6) is 1.09. The lowest BCUT2D eigenvalue weighted by atomic mass is 10.1. The molecule has 0 aliphatic heterocycles. The lowest BCUT2D eigenvalue weighted by molar-refractivity contribution is 0.102. The van der Waals surface area contributed by atoms with Crippen LogP contribution in [0.1, 0.15) is 31.1 Å². The summed E-state index contributed by atoms with van der Waals surface area (Å²) >= 11 is 6.22. The number of benzene rings is 2. The largest absolute Gasteiger partial charge is 0.490 e. The van der Waals surface area contributed by atoms with Crippen molar-refractivity contribution in [2.75, 3.05) is 25.1 Å². The predicted molar refractivity (Wildman–Crippen MR) is 116 cm³/mol. The maximum Gasteiger partial charge on any atom is 0.256 e. The van der Waals surface area contributed by atoms with Crippen molar-refractivity contribution >= 4 is 23.2 Å². The van der Waals surface area contributed by atoms with Crippen molar-refractivity contribution in [1.82, 2.24) is 9.78 Å². The van der Waals surface area contributed by atoms with Gasteiger partial charge in [0, 0.05) is 5.56 Å². The van der Waals surface area contributed by atoms with Gasteiger partial charge in [0.25, 0.3) is 5.91 Å². The summed E-state index contributed by atoms with van der Waals surface area (Å²) < 4.78 is 18.6. The van der Waals surface area contributed by atoms with Gasteiger partial charge >= 0.3 is 0 Å². The van der Waals surface area contributed by atoms with E-state index in [4.69, 9.17) is 25.8 Å². The van der Waals surface area contributed by atoms with Gasteiger partial charge in [0.1, 0.15) is 0 Å². The Morgan fingerprint density at radius 3 is 2.27 bits per heavy atom. The minimum absolute atomic E-state index is 0.321. The molecule has 30 heavy (non-hydrogen) atoms. The van der Waals surface area contributed by atoms with E-state index in [0.29, 0.717) is 53.3 Å². The van der Waals surface area contributed by atoms with Crippen LogP contribution in [-0.4, -0.2) is 35.5 Å². The van der Waals surface area contributed by atoms with Gasteiger partial charge in [-0.15, -0.1) is 0 Å². The molecule has 8 heteroatoms. The van der Waals surface area contributed by atoms with Crippen LogP contribution in [0.15, 0.2) is 48.8 Å². The lowest BCUT2D eigenvalue weighted by Crippen LogP contribution is -2.13. The third-order valence-electron chi connectivity index (χ3n) is 4.11. The molecular formula is C22H24ClN3O4. The van der Waals surface area contributed by atoms with Gasteiger partial charge in [-0.25, -0.2) is 4.68 Å². The van der Waals surface area contributed by atoms with Gasteiger partial charge < -0.3 is 19.5 Å². The second-order valence-electron chi connectivity index (χ2n) is 6.18. The summed E-state index contributed by atoms with van der Waals surface area (Å²) in [6, 6.07) is 10.6. The Balaban J connectivity index is 1.87. The Morgan fingerprint density at radius 1 is 1.03 bits per heavy atom. The highest BCUT2D eigenvalue weighted by atomic mass is 35.5. The van der Waals surface area contributed by atoms with E-state index in [1.165, 1.54) is 0 Å². The molecule has 0 aliphatic rings. The van der Waals surface area contributed by atoms with Gasteiger partial charge in [0.15, 0.2) is 11.5 Å². The first-order chi connectivity index (χ1) is 14.6. The van der Waals surface area contributed by atoms with Crippen molar-refractivity contribution in [3.8, 4) is 22.9 Å². The van der Waals surface area contributed by atoms with E-state index < -0.39 is 0 Å². The second-order valence-corrected chi connectivity index (χ2v) is 6.59. The number of hydrogen-bond acceptors (Lipinski definition) is 5. The van der Waals surface area contributed by atoms with Gasteiger partial charge in [-0.2, -0.15) is 5.10 Å². The number of ether oxygens (including phenoxy) is 3. The maximum absolute atomic E-state index is 12.9. The number of carbonyl (C=O) groups excluding carboxylic acids is 1. The maximum atomic E-state index is 12.9. The molecule has 3 aromatic rings. The Kier molecular flexibility index (Phi) is 7.19. The molecule has 3 rings (SSSR count). The van der Waals surface area contributed by atoms with Crippen molar-refractivity contribution in [2.45, 2.75) is 20.8 Å². The molecule has 0 fully saturated rings. The van der Waals surface area contributed by atoms with Gasteiger partial charge in [-0.3, -0.25) is 4.79 Å². The zero-order valence-electron chi connectivity index (χ0n) is 17.1. The highest BCUT2D eigenvalue weighted by Gasteiger charge is 2.19. The summed E-state index contributed by atoms with van der Waals surface area (Å²) in [4.78, 5) is 12.9. The van der Waals surface area contributed by atoms with Crippen molar-refractivity contribution in [2.24, 2.45) is 0 Å². The highest BCUT2D eigenvalue weighted by molar-refractivity contribution is 6.32. The number of hydrogen-bond donors (Lipinski definition) is 1. The van der Waals surface area contributed by atoms with E-state index in [-0.39, 0.29) is 5.91 Å². The fourth-order valence-electron chi connectivity index (χ4n) is 2.88. The van der Waals surface area contributed by atoms with E-state index >= 15 is 0 Å². The van der Waals surface area contributed by atoms with Crippen LogP contribution in [0.25, 0.3) is 5.69 Å². The summed E-state index contributed by atoms with van der Waals surface area (Å²) in [5, 5.41) is 7.68. The molecule has 0 spiro atoms. The van der Waals surface area contributed by atoms with Crippen LogP contribution in [0.2, 0.25) is 5.02 Å². The molecule has 7 nitrogen and oxygen atoms in total. The molecular weight excluding hydrogens is 406 g/mol. The zero-order valence-corrected chi connectivity index (χ0v) is 17.9. The average molecular weight is 430 g/mol. The molecule has 0 saturated carbocycles. The quantitative estimate of drug-likeness (QED) is 0.519. The van der Waals surface area contributed by atoms with Gasteiger partial charge in [0.05, 0.1) is 48.6 Å². The topological polar surface area (TPSA) is 74.6 Å². The lowest BCUT2D eigenvalue weighted by Gasteiger charge is -2.17. The molecule has 1 amide bonds. The van der Waals surface area contributed by atoms with E-state index in [2.05, 4.69) is 10.4 Å². The summed E-state index contributed by atoms with van der Waals surface area (Å²) in [7, 11) is 0. The van der Waals surface area contributed by atoms with E-state index in [9.17, 15) is 4.79 Å². The van der Waals surface area contributed by atoms with Crippen LogP contribution >= 0.6 is 11.6 Å². The van der Waals surface area contributed by atoms with Gasteiger partial charge in [-0.05, 0) is 45.0 Å². The molecule has 1 aromatic heterocycles. The highest BCUT2D eigenvalue weighted by Crippen LogP contribution is 2.39. The van der Waals surface area contributed by atoms with Crippen LogP contribution in [0, 0.1) is 0 Å². The third kappa shape index (κ3) is 4.86. The number of halogens is 1. The Hall–Kier alpha value is -3.19. The molecule has 0 unspecified atom stereocenters.